The number of nitrogens with zero attached hydrogens (tertiary/aromatic N) is 2. The Bertz CT molecular complexity index is 835. The van der Waals surface area contributed by atoms with Crippen LogP contribution in [0.1, 0.15) is 24.1 Å². The number of rotatable bonds is 7. The van der Waals surface area contributed by atoms with Gasteiger partial charge in [-0.2, -0.15) is 5.26 Å². The molecule has 0 aliphatic rings. The molecular weight excluding hydrogens is 331 g/mol. The zero-order valence-electron chi connectivity index (χ0n) is 13.0. The lowest BCUT2D eigenvalue weighted by Crippen LogP contribution is -2.33. The third-order valence-electron chi connectivity index (χ3n) is 3.41. The second-order valence-electron chi connectivity index (χ2n) is 5.11. The standard InChI is InChI=1S/C16H17FN4O2S/c1-12(15-5-4-13(10-18)9-16(15)17)20-7-8-21-24(22,23)14-3-2-6-19-11-14/h2-6,9,11-12,20-21H,7-8H2,1H3/t12-/m0/s1. The molecule has 1 atom stereocenters. The minimum Gasteiger partial charge on any atom is -0.309 e. The van der Waals surface area contributed by atoms with E-state index in [1.165, 1.54) is 24.5 Å². The average molecular weight is 348 g/mol. The van der Waals surface area contributed by atoms with Crippen molar-refractivity contribution in [1.29, 1.82) is 5.26 Å². The lowest BCUT2D eigenvalue weighted by molar-refractivity contribution is 0.524. The summed E-state index contributed by atoms with van der Waals surface area (Å²) < 4.78 is 40.3. The molecule has 6 nitrogen and oxygen atoms in total. The molecule has 0 amide bonds. The van der Waals surface area contributed by atoms with E-state index in [0.717, 1.165) is 0 Å². The fourth-order valence-corrected chi connectivity index (χ4v) is 3.12. The Hall–Kier alpha value is -2.34. The van der Waals surface area contributed by atoms with Gasteiger partial charge in [0.25, 0.3) is 0 Å². The van der Waals surface area contributed by atoms with Crippen molar-refractivity contribution in [2.75, 3.05) is 13.1 Å². The quantitative estimate of drug-likeness (QED) is 0.743. The van der Waals surface area contributed by atoms with E-state index in [0.29, 0.717) is 12.1 Å². The first kappa shape index (κ1) is 18.0. The number of nitriles is 1. The van der Waals surface area contributed by atoms with Crippen molar-refractivity contribution in [1.82, 2.24) is 15.0 Å². The monoisotopic (exact) mass is 348 g/mol. The van der Waals surface area contributed by atoms with Crippen molar-refractivity contribution in [3.63, 3.8) is 0 Å². The lowest BCUT2D eigenvalue weighted by Gasteiger charge is -2.15. The summed E-state index contributed by atoms with van der Waals surface area (Å²) in [6.07, 6.45) is 2.76. The molecule has 0 aliphatic carbocycles. The van der Waals surface area contributed by atoms with Gasteiger partial charge in [-0.25, -0.2) is 17.5 Å². The molecule has 126 valence electrons. The zero-order chi connectivity index (χ0) is 17.6. The number of pyridine rings is 1. The molecule has 2 aromatic rings. The summed E-state index contributed by atoms with van der Waals surface area (Å²) in [7, 11) is -3.60. The van der Waals surface area contributed by atoms with Crippen LogP contribution in [0.3, 0.4) is 0 Å². The summed E-state index contributed by atoms with van der Waals surface area (Å²) >= 11 is 0. The van der Waals surface area contributed by atoms with Crippen LogP contribution < -0.4 is 10.0 Å². The molecule has 0 saturated heterocycles. The highest BCUT2D eigenvalue weighted by molar-refractivity contribution is 7.89. The lowest BCUT2D eigenvalue weighted by atomic mass is 10.1. The van der Waals surface area contributed by atoms with Crippen molar-refractivity contribution in [2.45, 2.75) is 17.9 Å². The SMILES string of the molecule is C[C@H](NCCNS(=O)(=O)c1cccnc1)c1ccc(C#N)cc1F. The molecule has 0 bridgehead atoms. The second kappa shape index (κ2) is 7.97. The maximum absolute atomic E-state index is 13.9. The molecule has 1 aromatic heterocycles. The van der Waals surface area contributed by atoms with Crippen molar-refractivity contribution in [3.8, 4) is 6.07 Å². The molecule has 0 saturated carbocycles. The van der Waals surface area contributed by atoms with E-state index in [1.54, 1.807) is 25.1 Å². The maximum Gasteiger partial charge on any atom is 0.242 e. The molecule has 1 heterocycles. The topological polar surface area (TPSA) is 94.9 Å². The molecule has 1 aromatic carbocycles. The number of aromatic nitrogens is 1. The van der Waals surface area contributed by atoms with Gasteiger partial charge in [0.15, 0.2) is 0 Å². The highest BCUT2D eigenvalue weighted by atomic mass is 32.2. The van der Waals surface area contributed by atoms with Crippen LogP contribution in [0.25, 0.3) is 0 Å². The summed E-state index contributed by atoms with van der Waals surface area (Å²) in [4.78, 5) is 3.87. The van der Waals surface area contributed by atoms with Crippen LogP contribution >= 0.6 is 0 Å². The predicted octanol–water partition coefficient (Wildman–Crippen LogP) is 1.72. The Morgan fingerprint density at radius 3 is 2.75 bits per heavy atom. The minimum absolute atomic E-state index is 0.0937. The van der Waals surface area contributed by atoms with E-state index in [-0.39, 0.29) is 23.0 Å². The number of hydrogen-bond donors (Lipinski definition) is 2. The smallest absolute Gasteiger partial charge is 0.242 e. The third-order valence-corrected chi connectivity index (χ3v) is 4.85. The van der Waals surface area contributed by atoms with Crippen LogP contribution in [-0.2, 0) is 10.0 Å². The fourth-order valence-electron chi connectivity index (χ4n) is 2.12. The zero-order valence-corrected chi connectivity index (χ0v) is 13.8. The maximum atomic E-state index is 13.9. The van der Waals surface area contributed by atoms with Gasteiger partial charge in [-0.3, -0.25) is 4.98 Å². The largest absolute Gasteiger partial charge is 0.309 e. The minimum atomic E-state index is -3.60. The molecule has 2 rings (SSSR count). The van der Waals surface area contributed by atoms with Crippen LogP contribution in [0.4, 0.5) is 4.39 Å². The summed E-state index contributed by atoms with van der Waals surface area (Å²) in [6.45, 7) is 2.24. The van der Waals surface area contributed by atoms with Crippen LogP contribution in [0, 0.1) is 17.1 Å². The highest BCUT2D eigenvalue weighted by Gasteiger charge is 2.14. The summed E-state index contributed by atoms with van der Waals surface area (Å²) in [5, 5.41) is 11.8. The summed E-state index contributed by atoms with van der Waals surface area (Å²) in [5.74, 6) is -0.468. The first-order chi connectivity index (χ1) is 11.4. The summed E-state index contributed by atoms with van der Waals surface area (Å²) in [5.41, 5.74) is 0.678. The molecule has 8 heteroatoms. The Morgan fingerprint density at radius 1 is 1.33 bits per heavy atom. The average Bonchev–Trinajstić information content (AvgIpc) is 2.59. The normalized spacial score (nSPS) is 12.5. The van der Waals surface area contributed by atoms with Crippen LogP contribution in [0.5, 0.6) is 0 Å². The Kier molecular flexibility index (Phi) is 5.98. The summed E-state index contributed by atoms with van der Waals surface area (Å²) in [6, 6.07) is 8.83. The van der Waals surface area contributed by atoms with E-state index in [1.807, 2.05) is 6.07 Å². The number of nitrogens with one attached hydrogen (secondary N) is 2. The van der Waals surface area contributed by atoms with Gasteiger partial charge >= 0.3 is 0 Å². The Labute approximate surface area is 140 Å². The van der Waals surface area contributed by atoms with Crippen molar-refractivity contribution < 1.29 is 12.8 Å². The first-order valence-electron chi connectivity index (χ1n) is 7.26. The van der Waals surface area contributed by atoms with E-state index in [4.69, 9.17) is 5.26 Å². The predicted molar refractivity (Wildman–Crippen MR) is 87.0 cm³/mol. The molecular formula is C16H17FN4O2S. The van der Waals surface area contributed by atoms with Crippen LogP contribution in [-0.4, -0.2) is 26.5 Å². The molecule has 2 N–H and O–H groups in total. The molecule has 0 aliphatic heterocycles. The molecule has 0 fully saturated rings. The van der Waals surface area contributed by atoms with Gasteiger partial charge < -0.3 is 5.32 Å². The molecule has 0 unspecified atom stereocenters. The Morgan fingerprint density at radius 2 is 2.12 bits per heavy atom. The molecule has 24 heavy (non-hydrogen) atoms. The van der Waals surface area contributed by atoms with Crippen LogP contribution in [0.15, 0.2) is 47.6 Å². The van der Waals surface area contributed by atoms with Crippen molar-refractivity contribution in [2.24, 2.45) is 0 Å². The third kappa shape index (κ3) is 4.58. The van der Waals surface area contributed by atoms with Gasteiger partial charge in [-0.15, -0.1) is 0 Å². The number of halogens is 1. The number of hydrogen-bond acceptors (Lipinski definition) is 5. The van der Waals surface area contributed by atoms with Crippen molar-refractivity contribution >= 4 is 10.0 Å². The van der Waals surface area contributed by atoms with Crippen LogP contribution in [0.2, 0.25) is 0 Å². The highest BCUT2D eigenvalue weighted by Crippen LogP contribution is 2.17. The number of benzene rings is 1. The molecule has 0 radical (unpaired) electrons. The van der Waals surface area contributed by atoms with Gasteiger partial charge in [-0.05, 0) is 31.2 Å². The van der Waals surface area contributed by atoms with Crippen molar-refractivity contribution in [3.05, 3.63) is 59.7 Å². The van der Waals surface area contributed by atoms with Gasteiger partial charge in [-0.1, -0.05) is 6.07 Å². The van der Waals surface area contributed by atoms with E-state index < -0.39 is 15.8 Å². The van der Waals surface area contributed by atoms with E-state index in [9.17, 15) is 12.8 Å². The van der Waals surface area contributed by atoms with E-state index in [2.05, 4.69) is 15.0 Å². The first-order valence-corrected chi connectivity index (χ1v) is 8.75. The van der Waals surface area contributed by atoms with Gasteiger partial charge in [0.05, 0.1) is 11.6 Å². The van der Waals surface area contributed by atoms with Gasteiger partial charge in [0.2, 0.25) is 10.0 Å². The van der Waals surface area contributed by atoms with Gasteiger partial charge in [0, 0.05) is 37.1 Å². The molecule has 0 spiro atoms. The van der Waals surface area contributed by atoms with Gasteiger partial charge in [0.1, 0.15) is 10.7 Å². The Balaban J connectivity index is 1.87. The van der Waals surface area contributed by atoms with E-state index >= 15 is 0 Å². The fraction of sp³-hybridized carbons (Fsp3) is 0.250. The number of sulfonamides is 1. The second-order valence-corrected chi connectivity index (χ2v) is 6.88.